The summed E-state index contributed by atoms with van der Waals surface area (Å²) in [5.41, 5.74) is 9.51. The highest BCUT2D eigenvalue weighted by Crippen LogP contribution is 2.20. The monoisotopic (exact) mass is 221 g/mol. The maximum atomic E-state index is 9.96. The van der Waals surface area contributed by atoms with Crippen molar-refractivity contribution >= 4 is 0 Å². The summed E-state index contributed by atoms with van der Waals surface area (Å²) in [7, 11) is 0. The van der Waals surface area contributed by atoms with Gasteiger partial charge < -0.3 is 10.8 Å². The van der Waals surface area contributed by atoms with Crippen LogP contribution < -0.4 is 5.73 Å². The molecule has 90 valence electrons. The maximum Gasteiger partial charge on any atom is 0.0732 e. The van der Waals surface area contributed by atoms with Crippen LogP contribution in [-0.2, 0) is 0 Å². The molecule has 0 aliphatic rings. The van der Waals surface area contributed by atoms with Crippen molar-refractivity contribution < 1.29 is 5.11 Å². The maximum absolute atomic E-state index is 9.96. The molecule has 0 radical (unpaired) electrons. The highest BCUT2D eigenvalue weighted by molar-refractivity contribution is 5.31. The van der Waals surface area contributed by atoms with Crippen LogP contribution in [0.4, 0.5) is 0 Å². The molecule has 0 aliphatic carbocycles. The van der Waals surface area contributed by atoms with Crippen molar-refractivity contribution in [3.8, 4) is 0 Å². The third-order valence-electron chi connectivity index (χ3n) is 2.90. The number of hydrogen-bond acceptors (Lipinski definition) is 2. The Hall–Kier alpha value is -0.860. The fourth-order valence-corrected chi connectivity index (χ4v) is 2.02. The molecule has 0 spiro atoms. The molecule has 0 amide bonds. The van der Waals surface area contributed by atoms with Crippen molar-refractivity contribution in [1.29, 1.82) is 0 Å². The number of benzene rings is 1. The molecule has 3 N–H and O–H groups in total. The van der Waals surface area contributed by atoms with Gasteiger partial charge in [-0.15, -0.1) is 0 Å². The van der Waals surface area contributed by atoms with Gasteiger partial charge >= 0.3 is 0 Å². The van der Waals surface area contributed by atoms with Crippen molar-refractivity contribution in [1.82, 2.24) is 0 Å². The van der Waals surface area contributed by atoms with E-state index in [9.17, 15) is 5.11 Å². The van der Waals surface area contributed by atoms with Crippen LogP contribution in [0.2, 0.25) is 0 Å². The second-order valence-electron chi connectivity index (χ2n) is 4.66. The first-order chi connectivity index (χ1) is 7.54. The Kier molecular flexibility index (Phi) is 4.97. The summed E-state index contributed by atoms with van der Waals surface area (Å²) in [5.74, 6) is 0. The fraction of sp³-hybridized carbons (Fsp3) is 0.571. The van der Waals surface area contributed by atoms with Crippen LogP contribution in [0.3, 0.4) is 0 Å². The summed E-state index contributed by atoms with van der Waals surface area (Å²) in [4.78, 5) is 0. The number of rotatable bonds is 5. The summed E-state index contributed by atoms with van der Waals surface area (Å²) in [6, 6.07) is 5.99. The van der Waals surface area contributed by atoms with Gasteiger partial charge in [0.2, 0.25) is 0 Å². The molecule has 0 aliphatic heterocycles. The molecular weight excluding hydrogens is 198 g/mol. The lowest BCUT2D eigenvalue weighted by atomic mass is 9.95. The minimum absolute atomic E-state index is 0.259. The van der Waals surface area contributed by atoms with E-state index in [4.69, 9.17) is 5.73 Å². The number of hydrogen-bond donors (Lipinski definition) is 2. The van der Waals surface area contributed by atoms with E-state index in [1.54, 1.807) is 0 Å². The molecule has 2 atom stereocenters. The molecule has 16 heavy (non-hydrogen) atoms. The van der Waals surface area contributed by atoms with Gasteiger partial charge in [0.1, 0.15) is 0 Å². The van der Waals surface area contributed by atoms with Crippen LogP contribution >= 0.6 is 0 Å². The molecule has 0 bridgehead atoms. The highest BCUT2D eigenvalue weighted by atomic mass is 16.3. The number of nitrogens with two attached hydrogens (primary N) is 1. The van der Waals surface area contributed by atoms with E-state index in [0.717, 1.165) is 24.8 Å². The number of aliphatic hydroxyl groups excluding tert-OH is 1. The molecule has 1 rings (SSSR count). The topological polar surface area (TPSA) is 46.2 Å². The average molecular weight is 221 g/mol. The summed E-state index contributed by atoms with van der Waals surface area (Å²) in [5, 5.41) is 9.96. The van der Waals surface area contributed by atoms with Crippen molar-refractivity contribution in [3.05, 3.63) is 34.9 Å². The van der Waals surface area contributed by atoms with E-state index in [1.165, 1.54) is 11.1 Å². The predicted molar refractivity (Wildman–Crippen MR) is 68.4 cm³/mol. The summed E-state index contributed by atoms with van der Waals surface area (Å²) >= 11 is 0. The predicted octanol–water partition coefficient (Wildman–Crippen LogP) is 2.85. The van der Waals surface area contributed by atoms with Gasteiger partial charge in [-0.1, -0.05) is 49.1 Å². The van der Waals surface area contributed by atoms with Crippen LogP contribution in [0.5, 0.6) is 0 Å². The minimum Gasteiger partial charge on any atom is -0.391 e. The van der Waals surface area contributed by atoms with E-state index in [1.807, 2.05) is 0 Å². The molecule has 2 heteroatoms. The summed E-state index contributed by atoms with van der Waals surface area (Å²) in [6.45, 7) is 6.23. The van der Waals surface area contributed by atoms with Gasteiger partial charge in [0.25, 0.3) is 0 Å². The number of aliphatic hydroxyl groups is 1. The molecular formula is C14H23NO. The largest absolute Gasteiger partial charge is 0.391 e. The minimum atomic E-state index is -0.429. The molecule has 0 saturated heterocycles. The molecule has 1 aromatic rings. The van der Waals surface area contributed by atoms with Gasteiger partial charge in [-0.05, 0) is 25.8 Å². The Labute approximate surface area is 98.5 Å². The van der Waals surface area contributed by atoms with Crippen LogP contribution in [0.25, 0.3) is 0 Å². The third-order valence-corrected chi connectivity index (χ3v) is 2.90. The zero-order valence-electron chi connectivity index (χ0n) is 10.5. The molecule has 0 saturated carbocycles. The summed E-state index contributed by atoms with van der Waals surface area (Å²) in [6.07, 6.45) is 2.47. The fourth-order valence-electron chi connectivity index (χ4n) is 2.02. The lowest BCUT2D eigenvalue weighted by Crippen LogP contribution is -2.26. The van der Waals surface area contributed by atoms with E-state index < -0.39 is 6.10 Å². The van der Waals surface area contributed by atoms with E-state index in [2.05, 4.69) is 39.0 Å². The van der Waals surface area contributed by atoms with Gasteiger partial charge in [-0.25, -0.2) is 0 Å². The Bertz CT molecular complexity index is 315. The standard InChI is InChI=1S/C14H23NO/c1-4-5-6-13(16)14(15)12-8-10(2)7-11(3)9-12/h7-9,13-14,16H,4-6,15H2,1-3H3/t13-,14+/m0/s1. The Morgan fingerprint density at radius 3 is 2.25 bits per heavy atom. The number of aryl methyl sites for hydroxylation is 2. The zero-order valence-corrected chi connectivity index (χ0v) is 10.5. The zero-order chi connectivity index (χ0) is 12.1. The van der Waals surface area contributed by atoms with Crippen molar-refractivity contribution in [2.45, 2.75) is 52.2 Å². The van der Waals surface area contributed by atoms with Crippen LogP contribution in [0.15, 0.2) is 18.2 Å². The SMILES string of the molecule is CCCC[C@H](O)[C@H](N)c1cc(C)cc(C)c1. The molecule has 0 aromatic heterocycles. The normalized spacial score (nSPS) is 14.8. The van der Waals surface area contributed by atoms with Crippen LogP contribution in [0.1, 0.15) is 48.9 Å². The van der Waals surface area contributed by atoms with E-state index >= 15 is 0 Å². The Morgan fingerprint density at radius 2 is 1.75 bits per heavy atom. The lowest BCUT2D eigenvalue weighted by molar-refractivity contribution is 0.132. The summed E-state index contributed by atoms with van der Waals surface area (Å²) < 4.78 is 0. The molecule has 0 unspecified atom stereocenters. The smallest absolute Gasteiger partial charge is 0.0732 e. The van der Waals surface area contributed by atoms with Crippen LogP contribution in [-0.4, -0.2) is 11.2 Å². The second kappa shape index (κ2) is 6.02. The first kappa shape index (κ1) is 13.2. The first-order valence-corrected chi connectivity index (χ1v) is 6.06. The van der Waals surface area contributed by atoms with Gasteiger partial charge in [0.15, 0.2) is 0 Å². The first-order valence-electron chi connectivity index (χ1n) is 6.06. The molecule has 0 fully saturated rings. The molecule has 2 nitrogen and oxygen atoms in total. The van der Waals surface area contributed by atoms with Gasteiger partial charge in [-0.3, -0.25) is 0 Å². The Balaban J connectivity index is 2.74. The molecule has 1 aromatic carbocycles. The van der Waals surface area contributed by atoms with E-state index in [-0.39, 0.29) is 6.04 Å². The van der Waals surface area contributed by atoms with E-state index in [0.29, 0.717) is 0 Å². The number of unbranched alkanes of at least 4 members (excludes halogenated alkanes) is 1. The lowest BCUT2D eigenvalue weighted by Gasteiger charge is -2.20. The van der Waals surface area contributed by atoms with Gasteiger partial charge in [0.05, 0.1) is 12.1 Å². The van der Waals surface area contributed by atoms with Crippen molar-refractivity contribution in [3.63, 3.8) is 0 Å². The highest BCUT2D eigenvalue weighted by Gasteiger charge is 2.16. The average Bonchev–Trinajstić information content (AvgIpc) is 2.23. The Morgan fingerprint density at radius 1 is 1.19 bits per heavy atom. The van der Waals surface area contributed by atoms with Crippen LogP contribution in [0, 0.1) is 13.8 Å². The van der Waals surface area contributed by atoms with Crippen molar-refractivity contribution in [2.75, 3.05) is 0 Å². The quantitative estimate of drug-likeness (QED) is 0.803. The molecule has 0 heterocycles. The van der Waals surface area contributed by atoms with Crippen molar-refractivity contribution in [2.24, 2.45) is 5.73 Å². The van der Waals surface area contributed by atoms with Gasteiger partial charge in [0, 0.05) is 0 Å². The van der Waals surface area contributed by atoms with Gasteiger partial charge in [-0.2, -0.15) is 0 Å². The third kappa shape index (κ3) is 3.62. The second-order valence-corrected chi connectivity index (χ2v) is 4.66.